The van der Waals surface area contributed by atoms with Gasteiger partial charge in [0.2, 0.25) is 0 Å². The number of pyridine rings is 1. The number of halogens is 2. The fourth-order valence-corrected chi connectivity index (χ4v) is 5.46. The lowest BCUT2D eigenvalue weighted by atomic mass is 9.86. The first-order valence-electron chi connectivity index (χ1n) is 10.4. The van der Waals surface area contributed by atoms with Crippen LogP contribution in [0.1, 0.15) is 42.0 Å². The molecule has 0 saturated carbocycles. The molecular formula is C24H22FIN2O5. The Hall–Kier alpha value is -2.75. The van der Waals surface area contributed by atoms with Gasteiger partial charge in [0.1, 0.15) is 24.0 Å². The highest BCUT2D eigenvalue weighted by Gasteiger charge is 2.37. The third-order valence-corrected chi connectivity index (χ3v) is 7.50. The zero-order valence-corrected chi connectivity index (χ0v) is 20.5. The molecule has 1 aromatic heterocycles. The first kappa shape index (κ1) is 23.4. The number of aromatic nitrogens is 1. The van der Waals surface area contributed by atoms with Gasteiger partial charge < -0.3 is 19.3 Å². The number of cyclic esters (lactones) is 1. The van der Waals surface area contributed by atoms with Crippen LogP contribution in [-0.2, 0) is 33.1 Å². The van der Waals surface area contributed by atoms with Crippen molar-refractivity contribution in [3.05, 3.63) is 72.1 Å². The van der Waals surface area contributed by atoms with E-state index in [1.165, 1.54) is 16.7 Å². The van der Waals surface area contributed by atoms with Crippen LogP contribution in [0, 0.1) is 12.7 Å². The number of aryl methyl sites for hydroxylation is 1. The van der Waals surface area contributed by atoms with Crippen LogP contribution >= 0.6 is 22.6 Å². The van der Waals surface area contributed by atoms with Gasteiger partial charge in [-0.2, -0.15) is 0 Å². The Morgan fingerprint density at radius 2 is 2.06 bits per heavy atom. The molecule has 0 amide bonds. The molecule has 1 unspecified atom stereocenters. The highest BCUT2D eigenvalue weighted by atomic mass is 127. The number of anilines is 1. The SMILES string of the molecule is CCC1(O)CC(=O)OCc2c1ccn(CC1=C(I)C(=C=O)c3cc(F)cc(C)c3N1C)c2=O. The smallest absolute Gasteiger partial charge is 0.309 e. The van der Waals surface area contributed by atoms with Crippen molar-refractivity contribution in [2.45, 2.75) is 45.4 Å². The quantitative estimate of drug-likeness (QED) is 0.350. The molecule has 1 aromatic carbocycles. The summed E-state index contributed by atoms with van der Waals surface area (Å²) in [5.41, 5.74) is 1.43. The van der Waals surface area contributed by atoms with Gasteiger partial charge in [-0.25, -0.2) is 9.18 Å². The molecule has 1 atom stereocenters. The number of carbonyl (C=O) groups excluding carboxylic acids is 2. The van der Waals surface area contributed by atoms with Crippen molar-refractivity contribution < 1.29 is 23.8 Å². The molecule has 0 bridgehead atoms. The largest absolute Gasteiger partial charge is 0.460 e. The number of hydrogen-bond acceptors (Lipinski definition) is 6. The maximum Gasteiger partial charge on any atom is 0.309 e. The molecule has 2 aliphatic heterocycles. The summed E-state index contributed by atoms with van der Waals surface area (Å²) in [5, 5.41) is 11.0. The van der Waals surface area contributed by atoms with Gasteiger partial charge in [0.15, 0.2) is 0 Å². The molecule has 0 aliphatic carbocycles. The van der Waals surface area contributed by atoms with Crippen LogP contribution in [0.3, 0.4) is 0 Å². The van der Waals surface area contributed by atoms with Crippen LogP contribution in [0.15, 0.2) is 38.5 Å². The molecule has 0 saturated heterocycles. The Morgan fingerprint density at radius 1 is 1.33 bits per heavy atom. The first-order chi connectivity index (χ1) is 15.6. The molecule has 1 N–H and O–H groups in total. The molecule has 172 valence electrons. The summed E-state index contributed by atoms with van der Waals surface area (Å²) in [5.74, 6) is 0.918. The van der Waals surface area contributed by atoms with E-state index in [1.807, 2.05) is 33.4 Å². The monoisotopic (exact) mass is 564 g/mol. The number of nitrogens with zero attached hydrogens (tertiary/aromatic N) is 2. The summed E-state index contributed by atoms with van der Waals surface area (Å²) in [4.78, 5) is 39.0. The van der Waals surface area contributed by atoms with Gasteiger partial charge in [-0.05, 0) is 65.3 Å². The van der Waals surface area contributed by atoms with Crippen LogP contribution < -0.4 is 10.5 Å². The molecule has 7 nitrogen and oxygen atoms in total. The summed E-state index contributed by atoms with van der Waals surface area (Å²) in [6, 6.07) is 4.34. The predicted molar refractivity (Wildman–Crippen MR) is 129 cm³/mol. The fourth-order valence-electron chi connectivity index (χ4n) is 4.53. The van der Waals surface area contributed by atoms with Gasteiger partial charge >= 0.3 is 5.97 Å². The molecule has 0 radical (unpaired) electrons. The van der Waals surface area contributed by atoms with E-state index in [0.717, 1.165) is 0 Å². The zero-order valence-electron chi connectivity index (χ0n) is 18.4. The second kappa shape index (κ2) is 8.55. The third kappa shape index (κ3) is 3.84. The molecule has 0 fully saturated rings. The lowest BCUT2D eigenvalue weighted by molar-refractivity contribution is -0.149. The highest BCUT2D eigenvalue weighted by molar-refractivity contribution is 14.1. The summed E-state index contributed by atoms with van der Waals surface area (Å²) >= 11 is 2.01. The lowest BCUT2D eigenvalue weighted by Gasteiger charge is -2.33. The van der Waals surface area contributed by atoms with Crippen LogP contribution in [0.2, 0.25) is 0 Å². The minimum absolute atomic E-state index is 0.112. The average molecular weight is 564 g/mol. The highest BCUT2D eigenvalue weighted by Crippen LogP contribution is 2.44. The number of fused-ring (bicyclic) bond motifs is 2. The second-order valence-corrected chi connectivity index (χ2v) is 9.36. The van der Waals surface area contributed by atoms with E-state index in [0.29, 0.717) is 31.7 Å². The van der Waals surface area contributed by atoms with Gasteiger partial charge in [-0.15, -0.1) is 0 Å². The molecule has 9 heteroatoms. The number of esters is 1. The minimum Gasteiger partial charge on any atom is -0.460 e. The van der Waals surface area contributed by atoms with E-state index in [-0.39, 0.29) is 37.1 Å². The average Bonchev–Trinajstić information content (AvgIpc) is 2.88. The number of hydrogen-bond donors (Lipinski definition) is 1. The van der Waals surface area contributed by atoms with Gasteiger partial charge in [-0.3, -0.25) is 9.59 Å². The van der Waals surface area contributed by atoms with Crippen LogP contribution in [-0.4, -0.2) is 28.6 Å². The number of benzene rings is 1. The molecule has 4 rings (SSSR count). The van der Waals surface area contributed by atoms with Crippen molar-refractivity contribution in [2.24, 2.45) is 0 Å². The summed E-state index contributed by atoms with van der Waals surface area (Å²) in [6.45, 7) is 3.39. The van der Waals surface area contributed by atoms with Crippen LogP contribution in [0.4, 0.5) is 10.1 Å². The standard InChI is InChI=1S/C24H22FIN2O5/c1-4-24(32)9-20(30)33-12-17-18(24)5-6-28(23(17)31)10-19-21(26)16(11-29)15-8-14(25)7-13(2)22(15)27(19)3/h5-8,32H,4,9-10,12H2,1-3H3. The number of allylic oxidation sites excluding steroid dienone is 3. The Kier molecular flexibility index (Phi) is 6.07. The maximum absolute atomic E-state index is 14.0. The minimum atomic E-state index is -1.47. The number of aliphatic hydroxyl groups is 1. The molecule has 33 heavy (non-hydrogen) atoms. The van der Waals surface area contributed by atoms with Crippen LogP contribution in [0.25, 0.3) is 5.57 Å². The molecular weight excluding hydrogens is 542 g/mol. The maximum atomic E-state index is 14.0. The molecule has 3 heterocycles. The van der Waals surface area contributed by atoms with E-state index in [1.54, 1.807) is 33.2 Å². The van der Waals surface area contributed by atoms with E-state index < -0.39 is 22.9 Å². The molecule has 2 aliphatic rings. The fraction of sp³-hybridized carbons (Fsp3) is 0.333. The predicted octanol–water partition coefficient (Wildman–Crippen LogP) is 3.35. The van der Waals surface area contributed by atoms with Crippen molar-refractivity contribution in [3.8, 4) is 0 Å². The van der Waals surface area contributed by atoms with Gasteiger partial charge in [-0.1, -0.05) is 6.92 Å². The van der Waals surface area contributed by atoms with Crippen molar-refractivity contribution in [2.75, 3.05) is 11.9 Å². The van der Waals surface area contributed by atoms with Gasteiger partial charge in [0.05, 0.1) is 39.1 Å². The van der Waals surface area contributed by atoms with Crippen molar-refractivity contribution >= 4 is 45.8 Å². The summed E-state index contributed by atoms with van der Waals surface area (Å²) in [6.07, 6.45) is 1.61. The lowest BCUT2D eigenvalue weighted by Crippen LogP contribution is -2.34. The van der Waals surface area contributed by atoms with Crippen molar-refractivity contribution in [1.82, 2.24) is 4.57 Å². The van der Waals surface area contributed by atoms with Gasteiger partial charge in [0.25, 0.3) is 5.56 Å². The Bertz CT molecular complexity index is 1320. The van der Waals surface area contributed by atoms with E-state index >= 15 is 0 Å². The topological polar surface area (TPSA) is 88.8 Å². The second-order valence-electron chi connectivity index (χ2n) is 8.28. The van der Waals surface area contributed by atoms with Crippen molar-refractivity contribution in [1.29, 1.82) is 0 Å². The van der Waals surface area contributed by atoms with E-state index in [9.17, 15) is 23.9 Å². The van der Waals surface area contributed by atoms with E-state index in [4.69, 9.17) is 4.74 Å². The van der Waals surface area contributed by atoms with Crippen LogP contribution in [0.5, 0.6) is 0 Å². The Balaban J connectivity index is 1.83. The number of carbonyl (C=O) groups is 1. The summed E-state index contributed by atoms with van der Waals surface area (Å²) < 4.78 is 21.2. The molecule has 0 spiro atoms. The third-order valence-electron chi connectivity index (χ3n) is 6.34. The first-order valence-corrected chi connectivity index (χ1v) is 11.5. The Morgan fingerprint density at radius 3 is 2.73 bits per heavy atom. The van der Waals surface area contributed by atoms with Crippen molar-refractivity contribution in [3.63, 3.8) is 0 Å². The summed E-state index contributed by atoms with van der Waals surface area (Å²) in [7, 11) is 1.80. The number of likely N-dealkylation sites (N-methyl/N-ethyl adjacent to an activating group) is 1. The normalized spacial score (nSPS) is 20.1. The number of ether oxygens (including phenoxy) is 1. The van der Waals surface area contributed by atoms with E-state index in [2.05, 4.69) is 0 Å². The Labute approximate surface area is 203 Å². The van der Waals surface area contributed by atoms with Gasteiger partial charge in [0, 0.05) is 18.8 Å². The number of rotatable bonds is 3. The zero-order chi connectivity index (χ0) is 24.1. The molecule has 2 aromatic rings.